The molecule has 0 heteroatoms. The van der Waals surface area contributed by atoms with Gasteiger partial charge in [-0.25, -0.2) is 0 Å². The molecule has 0 spiro atoms. The van der Waals surface area contributed by atoms with Crippen molar-refractivity contribution in [3.63, 3.8) is 0 Å². The lowest BCUT2D eigenvalue weighted by molar-refractivity contribution is 0.794. The number of benzene rings is 1. The van der Waals surface area contributed by atoms with Crippen LogP contribution in [0, 0.1) is 0 Å². The predicted molar refractivity (Wildman–Crippen MR) is 57.0 cm³/mol. The second-order valence-electron chi connectivity index (χ2n) is 4.12. The highest BCUT2D eigenvalue weighted by Crippen LogP contribution is 2.39. The number of rotatable bonds is 4. The molecule has 0 aromatic heterocycles. The summed E-state index contributed by atoms with van der Waals surface area (Å²) in [7, 11) is 0. The second kappa shape index (κ2) is 3.95. The van der Waals surface area contributed by atoms with E-state index in [2.05, 4.69) is 31.2 Å². The number of hydrogen-bond acceptors (Lipinski definition) is 0. The summed E-state index contributed by atoms with van der Waals surface area (Å²) in [5.41, 5.74) is 3.06. The van der Waals surface area contributed by atoms with Gasteiger partial charge in [-0.15, -0.1) is 0 Å². The minimum Gasteiger partial charge on any atom is -0.0654 e. The van der Waals surface area contributed by atoms with E-state index in [9.17, 15) is 0 Å². The summed E-state index contributed by atoms with van der Waals surface area (Å²) in [6, 6.07) is 9.26. The smallest absolute Gasteiger partial charge is 0.0162 e. The first-order valence-corrected chi connectivity index (χ1v) is 5.49. The molecule has 0 aliphatic heterocycles. The first-order chi connectivity index (χ1) is 6.40. The van der Waals surface area contributed by atoms with E-state index in [4.69, 9.17) is 0 Å². The molecule has 1 fully saturated rings. The van der Waals surface area contributed by atoms with E-state index >= 15 is 0 Å². The van der Waals surface area contributed by atoms with Gasteiger partial charge in [0.05, 0.1) is 0 Å². The maximum Gasteiger partial charge on any atom is -0.0162 e. The van der Waals surface area contributed by atoms with Crippen molar-refractivity contribution in [1.82, 2.24) is 0 Å². The third kappa shape index (κ3) is 2.33. The van der Waals surface area contributed by atoms with E-state index in [-0.39, 0.29) is 0 Å². The second-order valence-corrected chi connectivity index (χ2v) is 4.12. The van der Waals surface area contributed by atoms with Gasteiger partial charge in [-0.2, -0.15) is 0 Å². The third-order valence-corrected chi connectivity index (χ3v) is 2.85. The van der Waals surface area contributed by atoms with Gasteiger partial charge in [-0.3, -0.25) is 0 Å². The first kappa shape index (κ1) is 8.80. The molecule has 0 nitrogen and oxygen atoms in total. The Labute approximate surface area is 81.0 Å². The summed E-state index contributed by atoms with van der Waals surface area (Å²) in [5.74, 6) is 0.903. The molecule has 1 aliphatic rings. The van der Waals surface area contributed by atoms with Gasteiger partial charge in [-0.05, 0) is 42.7 Å². The SMILES string of the molecule is CCCCc1ccc(C2CC2)cc1. The summed E-state index contributed by atoms with van der Waals surface area (Å²) in [5, 5.41) is 0. The lowest BCUT2D eigenvalue weighted by Crippen LogP contribution is -1.85. The Morgan fingerprint density at radius 1 is 1.15 bits per heavy atom. The molecule has 0 saturated heterocycles. The highest BCUT2D eigenvalue weighted by atomic mass is 14.3. The molecule has 13 heavy (non-hydrogen) atoms. The summed E-state index contributed by atoms with van der Waals surface area (Å²) in [6.07, 6.45) is 6.69. The van der Waals surface area contributed by atoms with E-state index in [1.807, 2.05) is 0 Å². The van der Waals surface area contributed by atoms with Gasteiger partial charge >= 0.3 is 0 Å². The van der Waals surface area contributed by atoms with Crippen LogP contribution in [0.2, 0.25) is 0 Å². The normalized spacial score (nSPS) is 16.1. The molecule has 70 valence electrons. The Morgan fingerprint density at radius 2 is 1.85 bits per heavy atom. The molecular weight excluding hydrogens is 156 g/mol. The first-order valence-electron chi connectivity index (χ1n) is 5.49. The van der Waals surface area contributed by atoms with Crippen molar-refractivity contribution in [3.05, 3.63) is 35.4 Å². The van der Waals surface area contributed by atoms with Crippen molar-refractivity contribution in [3.8, 4) is 0 Å². The average Bonchev–Trinajstić information content (AvgIpc) is 2.99. The Hall–Kier alpha value is -0.780. The van der Waals surface area contributed by atoms with Crippen molar-refractivity contribution in [1.29, 1.82) is 0 Å². The Bertz CT molecular complexity index is 254. The van der Waals surface area contributed by atoms with Crippen LogP contribution in [-0.4, -0.2) is 0 Å². The van der Waals surface area contributed by atoms with Crippen LogP contribution >= 0.6 is 0 Å². The highest BCUT2D eigenvalue weighted by Gasteiger charge is 2.22. The van der Waals surface area contributed by atoms with Crippen molar-refractivity contribution >= 4 is 0 Å². The molecule has 0 bridgehead atoms. The molecule has 1 aliphatic carbocycles. The molecule has 0 radical (unpaired) electrons. The van der Waals surface area contributed by atoms with Crippen molar-refractivity contribution < 1.29 is 0 Å². The summed E-state index contributed by atoms with van der Waals surface area (Å²) >= 11 is 0. The zero-order valence-electron chi connectivity index (χ0n) is 8.42. The number of aryl methyl sites for hydroxylation is 1. The molecule has 0 unspecified atom stereocenters. The Morgan fingerprint density at radius 3 is 2.38 bits per heavy atom. The maximum atomic E-state index is 2.32. The number of unbranched alkanes of at least 4 members (excludes halogenated alkanes) is 1. The molecule has 0 N–H and O–H groups in total. The van der Waals surface area contributed by atoms with Crippen LogP contribution in [0.3, 0.4) is 0 Å². The van der Waals surface area contributed by atoms with Crippen molar-refractivity contribution in [2.75, 3.05) is 0 Å². The van der Waals surface area contributed by atoms with Crippen LogP contribution in [0.15, 0.2) is 24.3 Å². The third-order valence-electron chi connectivity index (χ3n) is 2.85. The molecule has 1 saturated carbocycles. The van der Waals surface area contributed by atoms with Crippen molar-refractivity contribution in [2.24, 2.45) is 0 Å². The quantitative estimate of drug-likeness (QED) is 0.649. The summed E-state index contributed by atoms with van der Waals surface area (Å²) in [4.78, 5) is 0. The van der Waals surface area contributed by atoms with Gasteiger partial charge in [0.1, 0.15) is 0 Å². The lowest BCUT2D eigenvalue weighted by atomic mass is 10.0. The van der Waals surface area contributed by atoms with E-state index in [0.717, 1.165) is 5.92 Å². The van der Waals surface area contributed by atoms with E-state index < -0.39 is 0 Å². The van der Waals surface area contributed by atoms with Crippen LogP contribution in [0.25, 0.3) is 0 Å². The Balaban J connectivity index is 1.96. The molecule has 1 aromatic rings. The highest BCUT2D eigenvalue weighted by molar-refractivity contribution is 5.28. The molecule has 0 heterocycles. The molecular formula is C13H18. The van der Waals surface area contributed by atoms with E-state index in [1.54, 1.807) is 5.56 Å². The molecule has 0 atom stereocenters. The largest absolute Gasteiger partial charge is 0.0654 e. The predicted octanol–water partition coefficient (Wildman–Crippen LogP) is 3.91. The van der Waals surface area contributed by atoms with Gasteiger partial charge in [0.2, 0.25) is 0 Å². The molecule has 1 aromatic carbocycles. The van der Waals surface area contributed by atoms with E-state index in [0.29, 0.717) is 0 Å². The van der Waals surface area contributed by atoms with Gasteiger partial charge in [0, 0.05) is 0 Å². The minimum absolute atomic E-state index is 0.903. The van der Waals surface area contributed by atoms with Crippen LogP contribution < -0.4 is 0 Å². The fourth-order valence-corrected chi connectivity index (χ4v) is 1.75. The topological polar surface area (TPSA) is 0 Å². The van der Waals surface area contributed by atoms with Gasteiger partial charge in [0.15, 0.2) is 0 Å². The molecule has 2 rings (SSSR count). The van der Waals surface area contributed by atoms with Crippen LogP contribution in [0.5, 0.6) is 0 Å². The zero-order valence-corrected chi connectivity index (χ0v) is 8.42. The maximum absolute atomic E-state index is 2.32. The van der Waals surface area contributed by atoms with Crippen LogP contribution in [0.1, 0.15) is 49.7 Å². The van der Waals surface area contributed by atoms with Gasteiger partial charge < -0.3 is 0 Å². The van der Waals surface area contributed by atoms with Crippen LogP contribution in [-0.2, 0) is 6.42 Å². The monoisotopic (exact) mass is 174 g/mol. The van der Waals surface area contributed by atoms with E-state index in [1.165, 1.54) is 37.7 Å². The summed E-state index contributed by atoms with van der Waals surface area (Å²) in [6.45, 7) is 2.25. The van der Waals surface area contributed by atoms with Crippen molar-refractivity contribution in [2.45, 2.75) is 44.9 Å². The standard InChI is InChI=1S/C13H18/c1-2-3-4-11-5-7-12(8-6-11)13-9-10-13/h5-8,13H,2-4,9-10H2,1H3. The Kier molecular flexibility index (Phi) is 2.68. The lowest BCUT2D eigenvalue weighted by Gasteiger charge is -2.01. The zero-order chi connectivity index (χ0) is 9.10. The summed E-state index contributed by atoms with van der Waals surface area (Å²) < 4.78 is 0. The van der Waals surface area contributed by atoms with Crippen LogP contribution in [0.4, 0.5) is 0 Å². The average molecular weight is 174 g/mol. The fourth-order valence-electron chi connectivity index (χ4n) is 1.75. The van der Waals surface area contributed by atoms with Gasteiger partial charge in [0.25, 0.3) is 0 Å². The van der Waals surface area contributed by atoms with Gasteiger partial charge in [-0.1, -0.05) is 37.6 Å². The fraction of sp³-hybridized carbons (Fsp3) is 0.538. The number of hydrogen-bond donors (Lipinski definition) is 0. The molecule has 0 amide bonds. The minimum atomic E-state index is 0.903.